The summed E-state index contributed by atoms with van der Waals surface area (Å²) >= 11 is 0. The molecule has 150 valence electrons. The van der Waals surface area contributed by atoms with Gasteiger partial charge in [-0.25, -0.2) is 0 Å². The normalized spacial score (nSPS) is 21.7. The molecule has 1 amide bonds. The number of amides is 1. The summed E-state index contributed by atoms with van der Waals surface area (Å²) in [6, 6.07) is 0. The summed E-state index contributed by atoms with van der Waals surface area (Å²) in [6.07, 6.45) is 7.48. The van der Waals surface area contributed by atoms with Crippen LogP contribution in [-0.4, -0.2) is 75.4 Å². The van der Waals surface area contributed by atoms with E-state index in [2.05, 4.69) is 22.5 Å². The molecule has 1 unspecified atom stereocenters. The molecule has 2 heterocycles. The van der Waals surface area contributed by atoms with Gasteiger partial charge in [-0.05, 0) is 39.0 Å². The fourth-order valence-corrected chi connectivity index (χ4v) is 3.30. The van der Waals surface area contributed by atoms with Crippen molar-refractivity contribution in [3.8, 4) is 0 Å². The Balaban J connectivity index is 1.58. The molecule has 26 heavy (non-hydrogen) atoms. The van der Waals surface area contributed by atoms with Crippen molar-refractivity contribution in [1.29, 1.82) is 0 Å². The highest BCUT2D eigenvalue weighted by Crippen LogP contribution is 2.12. The Morgan fingerprint density at radius 2 is 2.23 bits per heavy atom. The fourth-order valence-electron chi connectivity index (χ4n) is 3.30. The summed E-state index contributed by atoms with van der Waals surface area (Å²) in [5.74, 6) is 1.12. The minimum Gasteiger partial charge on any atom is -0.377 e. The molecule has 2 aliphatic heterocycles. The number of carbonyl (C=O) groups is 1. The lowest BCUT2D eigenvalue weighted by atomic mass is 10.2. The molecule has 0 radical (unpaired) electrons. The highest BCUT2D eigenvalue weighted by Gasteiger charge is 2.16. The van der Waals surface area contributed by atoms with Gasteiger partial charge < -0.3 is 25.0 Å². The number of hydrogen-bond donors (Lipinski definition) is 2. The van der Waals surface area contributed by atoms with Crippen molar-refractivity contribution in [2.75, 3.05) is 52.5 Å². The van der Waals surface area contributed by atoms with Crippen molar-refractivity contribution >= 4 is 11.9 Å². The summed E-state index contributed by atoms with van der Waals surface area (Å²) < 4.78 is 11.2. The van der Waals surface area contributed by atoms with Crippen molar-refractivity contribution in [1.82, 2.24) is 15.5 Å². The Morgan fingerprint density at radius 3 is 3.04 bits per heavy atom. The third kappa shape index (κ3) is 8.36. The number of hydrogen-bond acceptors (Lipinski definition) is 4. The number of nitrogens with zero attached hydrogens (tertiary/aromatic N) is 2. The molecule has 0 aromatic heterocycles. The number of carbonyl (C=O) groups excluding carboxylic acids is 1. The Kier molecular flexibility index (Phi) is 10.4. The van der Waals surface area contributed by atoms with Crippen LogP contribution in [0.2, 0.25) is 0 Å². The minimum atomic E-state index is 0.276. The van der Waals surface area contributed by atoms with E-state index in [1.807, 2.05) is 4.90 Å². The SMILES string of the molecule is CCNC(=NCCCN1CCCCCC1=O)NCCOCC1CCCO1. The van der Waals surface area contributed by atoms with Crippen LogP contribution in [0.5, 0.6) is 0 Å². The van der Waals surface area contributed by atoms with Gasteiger partial charge in [-0.1, -0.05) is 6.42 Å². The first-order chi connectivity index (χ1) is 12.8. The molecular weight excluding hydrogens is 332 g/mol. The van der Waals surface area contributed by atoms with Crippen LogP contribution in [0.3, 0.4) is 0 Å². The lowest BCUT2D eigenvalue weighted by molar-refractivity contribution is -0.130. The third-order valence-electron chi connectivity index (χ3n) is 4.74. The lowest BCUT2D eigenvalue weighted by Crippen LogP contribution is -2.39. The van der Waals surface area contributed by atoms with Crippen molar-refractivity contribution < 1.29 is 14.3 Å². The summed E-state index contributed by atoms with van der Waals surface area (Å²) in [4.78, 5) is 18.6. The van der Waals surface area contributed by atoms with Gasteiger partial charge in [0.15, 0.2) is 5.96 Å². The van der Waals surface area contributed by atoms with E-state index >= 15 is 0 Å². The van der Waals surface area contributed by atoms with Crippen molar-refractivity contribution in [3.05, 3.63) is 0 Å². The average molecular weight is 369 g/mol. The van der Waals surface area contributed by atoms with Gasteiger partial charge in [0, 0.05) is 45.8 Å². The molecule has 2 aliphatic rings. The van der Waals surface area contributed by atoms with E-state index in [0.29, 0.717) is 25.5 Å². The van der Waals surface area contributed by atoms with Crippen molar-refractivity contribution in [3.63, 3.8) is 0 Å². The zero-order chi connectivity index (χ0) is 18.5. The first kappa shape index (κ1) is 21.0. The number of ether oxygens (including phenoxy) is 2. The fraction of sp³-hybridized carbons (Fsp3) is 0.895. The van der Waals surface area contributed by atoms with Crippen LogP contribution in [0.15, 0.2) is 4.99 Å². The smallest absolute Gasteiger partial charge is 0.222 e. The lowest BCUT2D eigenvalue weighted by Gasteiger charge is -2.20. The van der Waals surface area contributed by atoms with Gasteiger partial charge in [0.25, 0.3) is 0 Å². The molecule has 2 saturated heterocycles. The van der Waals surface area contributed by atoms with Crippen LogP contribution in [0.25, 0.3) is 0 Å². The van der Waals surface area contributed by atoms with Gasteiger partial charge in [-0.15, -0.1) is 0 Å². The Labute approximate surface area is 157 Å². The summed E-state index contributed by atoms with van der Waals surface area (Å²) in [5.41, 5.74) is 0. The topological polar surface area (TPSA) is 75.2 Å². The molecule has 2 rings (SSSR count). The Bertz CT molecular complexity index is 425. The number of likely N-dealkylation sites (tertiary alicyclic amines) is 1. The van der Waals surface area contributed by atoms with Gasteiger partial charge >= 0.3 is 0 Å². The molecule has 2 N–H and O–H groups in total. The second kappa shape index (κ2) is 12.9. The van der Waals surface area contributed by atoms with Crippen LogP contribution < -0.4 is 10.6 Å². The summed E-state index contributed by atoms with van der Waals surface area (Å²) in [6.45, 7) is 8.24. The predicted molar refractivity (Wildman–Crippen MR) is 103 cm³/mol. The number of rotatable bonds is 10. The Morgan fingerprint density at radius 1 is 1.31 bits per heavy atom. The number of nitrogens with one attached hydrogen (secondary N) is 2. The molecule has 2 fully saturated rings. The van der Waals surface area contributed by atoms with Crippen LogP contribution in [0.4, 0.5) is 0 Å². The second-order valence-corrected chi connectivity index (χ2v) is 6.94. The number of aliphatic imine (C=N–C) groups is 1. The van der Waals surface area contributed by atoms with Crippen LogP contribution in [0.1, 0.15) is 51.9 Å². The van der Waals surface area contributed by atoms with Gasteiger partial charge in [0.1, 0.15) is 0 Å². The van der Waals surface area contributed by atoms with Gasteiger partial charge in [0.05, 0.1) is 19.3 Å². The molecule has 0 spiro atoms. The minimum absolute atomic E-state index is 0.276. The first-order valence-corrected chi connectivity index (χ1v) is 10.3. The molecule has 7 nitrogen and oxygen atoms in total. The molecule has 0 aliphatic carbocycles. The summed E-state index contributed by atoms with van der Waals surface area (Å²) in [7, 11) is 0. The van der Waals surface area contributed by atoms with Gasteiger partial charge in [-0.2, -0.15) is 0 Å². The van der Waals surface area contributed by atoms with E-state index in [1.165, 1.54) is 6.42 Å². The maximum atomic E-state index is 12.0. The largest absolute Gasteiger partial charge is 0.377 e. The Hall–Kier alpha value is -1.34. The molecule has 7 heteroatoms. The molecule has 0 aromatic rings. The van der Waals surface area contributed by atoms with Crippen LogP contribution in [0, 0.1) is 0 Å². The standard InChI is InChI=1S/C19H36N4O3/c1-2-20-19(22-11-15-25-16-17-8-6-14-26-17)21-10-7-13-23-12-5-3-4-9-18(23)24/h17H,2-16H2,1H3,(H2,20,21,22). The first-order valence-electron chi connectivity index (χ1n) is 10.3. The van der Waals surface area contributed by atoms with E-state index in [9.17, 15) is 4.79 Å². The van der Waals surface area contributed by atoms with Crippen LogP contribution >= 0.6 is 0 Å². The highest BCUT2D eigenvalue weighted by atomic mass is 16.5. The number of guanidine groups is 1. The van der Waals surface area contributed by atoms with E-state index in [0.717, 1.165) is 77.4 Å². The highest BCUT2D eigenvalue weighted by molar-refractivity contribution is 5.79. The molecule has 0 saturated carbocycles. The maximum Gasteiger partial charge on any atom is 0.222 e. The van der Waals surface area contributed by atoms with E-state index in [-0.39, 0.29) is 6.10 Å². The third-order valence-corrected chi connectivity index (χ3v) is 4.74. The predicted octanol–water partition coefficient (Wildman–Crippen LogP) is 1.53. The zero-order valence-electron chi connectivity index (χ0n) is 16.3. The van der Waals surface area contributed by atoms with E-state index in [1.54, 1.807) is 0 Å². The summed E-state index contributed by atoms with van der Waals surface area (Å²) in [5, 5.41) is 6.55. The van der Waals surface area contributed by atoms with Gasteiger partial charge in [-0.3, -0.25) is 9.79 Å². The zero-order valence-corrected chi connectivity index (χ0v) is 16.3. The second-order valence-electron chi connectivity index (χ2n) is 6.94. The quantitative estimate of drug-likeness (QED) is 0.347. The van der Waals surface area contributed by atoms with Crippen molar-refractivity contribution in [2.24, 2.45) is 4.99 Å². The molecular formula is C19H36N4O3. The molecule has 1 atom stereocenters. The maximum absolute atomic E-state index is 12.0. The van der Waals surface area contributed by atoms with Gasteiger partial charge in [0.2, 0.25) is 5.91 Å². The van der Waals surface area contributed by atoms with Crippen LogP contribution in [-0.2, 0) is 14.3 Å². The van der Waals surface area contributed by atoms with E-state index < -0.39 is 0 Å². The molecule has 0 aromatic carbocycles. The average Bonchev–Trinajstić information content (AvgIpc) is 3.07. The monoisotopic (exact) mass is 368 g/mol. The molecule has 0 bridgehead atoms. The van der Waals surface area contributed by atoms with Crippen molar-refractivity contribution in [2.45, 2.75) is 58.0 Å². The van der Waals surface area contributed by atoms with E-state index in [4.69, 9.17) is 9.47 Å².